The molecule has 0 radical (unpaired) electrons. The van der Waals surface area contributed by atoms with Crippen LogP contribution < -0.4 is 16.0 Å². The van der Waals surface area contributed by atoms with Crippen molar-refractivity contribution in [1.29, 1.82) is 0 Å². The normalized spacial score (nSPS) is 14.9. The fourth-order valence-electron chi connectivity index (χ4n) is 4.27. The third-order valence-electron chi connectivity index (χ3n) is 6.45. The van der Waals surface area contributed by atoms with Crippen molar-refractivity contribution in [2.75, 3.05) is 19.0 Å². The average molecular weight is 575 g/mol. The van der Waals surface area contributed by atoms with E-state index in [1.807, 2.05) is 0 Å². The number of carbonyl (C=O) groups excluding carboxylic acids is 2. The van der Waals surface area contributed by atoms with Gasteiger partial charge in [-0.25, -0.2) is 9.78 Å². The summed E-state index contributed by atoms with van der Waals surface area (Å²) < 4.78 is 44.2. The van der Waals surface area contributed by atoms with Gasteiger partial charge >= 0.3 is 12.2 Å². The van der Waals surface area contributed by atoms with Crippen LogP contribution in [0.25, 0.3) is 11.3 Å². The molecule has 0 saturated carbocycles. The molecule has 0 spiro atoms. The van der Waals surface area contributed by atoms with Crippen molar-refractivity contribution in [1.82, 2.24) is 35.6 Å². The standard InChI is InChI=1S/C26H29F3N8O4/c1-14-8-17(10-30-22(14)26(27,28)29)19-6-5-7-21(33-19)34-24(39)16(3)37-13-32-23(20(37)12-38)36(4)25(40)31-11-18-9-15(2)41-35-18/h5-10,12,16,24,32,39H,11,13H2,1-4H3,(H,31,40)(H,33,34)/t16-,24?/m0/s1. The zero-order valence-electron chi connectivity index (χ0n) is 22.7. The van der Waals surface area contributed by atoms with Crippen molar-refractivity contribution in [2.45, 2.75) is 45.8 Å². The molecule has 1 aliphatic rings. The van der Waals surface area contributed by atoms with E-state index in [9.17, 15) is 27.9 Å². The van der Waals surface area contributed by atoms with Gasteiger partial charge in [-0.05, 0) is 44.5 Å². The van der Waals surface area contributed by atoms with Crippen LogP contribution in [0, 0.1) is 13.8 Å². The third-order valence-corrected chi connectivity index (χ3v) is 6.45. The fraction of sp³-hybridized carbons (Fsp3) is 0.346. The Labute approximate surface area is 233 Å². The Morgan fingerprint density at radius 1 is 1.32 bits per heavy atom. The maximum atomic E-state index is 13.1. The monoisotopic (exact) mass is 574 g/mol. The van der Waals surface area contributed by atoms with Crippen molar-refractivity contribution in [3.63, 3.8) is 0 Å². The molecule has 1 unspecified atom stereocenters. The highest BCUT2D eigenvalue weighted by molar-refractivity contribution is 5.80. The predicted molar refractivity (Wildman–Crippen MR) is 140 cm³/mol. The number of pyridine rings is 2. The van der Waals surface area contributed by atoms with Crippen LogP contribution in [0.15, 0.2) is 52.6 Å². The molecule has 0 saturated heterocycles. The van der Waals surface area contributed by atoms with Crippen molar-refractivity contribution in [2.24, 2.45) is 0 Å². The van der Waals surface area contributed by atoms with E-state index >= 15 is 0 Å². The summed E-state index contributed by atoms with van der Waals surface area (Å²) in [5, 5.41) is 23.3. The van der Waals surface area contributed by atoms with E-state index < -0.39 is 30.2 Å². The average Bonchev–Trinajstić information content (AvgIpc) is 3.55. The van der Waals surface area contributed by atoms with E-state index in [0.717, 1.165) is 6.20 Å². The maximum Gasteiger partial charge on any atom is 0.433 e. The van der Waals surface area contributed by atoms with Gasteiger partial charge in [0.15, 0.2) is 6.29 Å². The maximum absolute atomic E-state index is 13.1. The van der Waals surface area contributed by atoms with Gasteiger partial charge in [-0.1, -0.05) is 11.2 Å². The number of aromatic nitrogens is 3. The molecule has 4 N–H and O–H groups in total. The van der Waals surface area contributed by atoms with Crippen LogP contribution in [-0.2, 0) is 17.5 Å². The van der Waals surface area contributed by atoms with Gasteiger partial charge in [0.25, 0.3) is 0 Å². The van der Waals surface area contributed by atoms with Crippen LogP contribution in [-0.4, -0.2) is 68.3 Å². The summed E-state index contributed by atoms with van der Waals surface area (Å²) >= 11 is 0. The molecule has 1 aliphatic heterocycles. The minimum absolute atomic E-state index is 0.0405. The number of urea groups is 1. The molecule has 41 heavy (non-hydrogen) atoms. The second-order valence-electron chi connectivity index (χ2n) is 9.43. The van der Waals surface area contributed by atoms with Gasteiger partial charge < -0.3 is 30.5 Å². The van der Waals surface area contributed by atoms with Gasteiger partial charge in [-0.2, -0.15) is 13.2 Å². The van der Waals surface area contributed by atoms with Crippen LogP contribution in [0.4, 0.5) is 23.8 Å². The molecule has 2 amide bonds. The van der Waals surface area contributed by atoms with Crippen molar-refractivity contribution in [3.05, 3.63) is 70.8 Å². The number of allylic oxidation sites excluding steroid dienone is 1. The Kier molecular flexibility index (Phi) is 8.47. The second kappa shape index (κ2) is 11.8. The highest BCUT2D eigenvalue weighted by Crippen LogP contribution is 2.32. The number of aliphatic hydroxyl groups excluding tert-OH is 1. The first-order valence-corrected chi connectivity index (χ1v) is 12.5. The molecule has 2 atom stereocenters. The van der Waals surface area contributed by atoms with Gasteiger partial charge in [-0.3, -0.25) is 14.7 Å². The van der Waals surface area contributed by atoms with E-state index in [2.05, 4.69) is 31.1 Å². The summed E-state index contributed by atoms with van der Waals surface area (Å²) in [6.07, 6.45) is -4.11. The Hall–Kier alpha value is -4.66. The number of aldehydes is 1. The summed E-state index contributed by atoms with van der Waals surface area (Å²) in [5.41, 5.74) is 0.417. The van der Waals surface area contributed by atoms with Crippen LogP contribution in [0.2, 0.25) is 0 Å². The summed E-state index contributed by atoms with van der Waals surface area (Å²) in [6, 6.07) is 6.70. The zero-order valence-corrected chi connectivity index (χ0v) is 22.7. The van der Waals surface area contributed by atoms with Crippen molar-refractivity contribution in [3.8, 4) is 11.3 Å². The highest BCUT2D eigenvalue weighted by atomic mass is 19.4. The van der Waals surface area contributed by atoms with E-state index in [1.54, 1.807) is 43.0 Å². The number of hydrogen-bond acceptors (Lipinski definition) is 10. The van der Waals surface area contributed by atoms with Crippen molar-refractivity contribution >= 4 is 18.1 Å². The first-order chi connectivity index (χ1) is 19.4. The number of hydrogen-bond donors (Lipinski definition) is 4. The molecule has 4 rings (SSSR count). The number of carbonyl (C=O) groups is 2. The Balaban J connectivity index is 1.43. The number of anilines is 1. The molecule has 3 aromatic heterocycles. The molecule has 3 aromatic rings. The molecule has 0 fully saturated rings. The van der Waals surface area contributed by atoms with E-state index in [-0.39, 0.29) is 36.1 Å². The van der Waals surface area contributed by atoms with Gasteiger partial charge in [0.2, 0.25) is 0 Å². The predicted octanol–water partition coefficient (Wildman–Crippen LogP) is 2.96. The number of nitrogens with zero attached hydrogens (tertiary/aromatic N) is 5. The van der Waals surface area contributed by atoms with Gasteiger partial charge in [0.1, 0.15) is 40.7 Å². The summed E-state index contributed by atoms with van der Waals surface area (Å²) in [5.74, 6) is 1.11. The minimum atomic E-state index is -4.56. The largest absolute Gasteiger partial charge is 0.433 e. The Morgan fingerprint density at radius 2 is 2.07 bits per heavy atom. The van der Waals surface area contributed by atoms with Crippen LogP contribution in [0.1, 0.15) is 29.6 Å². The van der Waals surface area contributed by atoms with Gasteiger partial charge in [0.05, 0.1) is 24.9 Å². The van der Waals surface area contributed by atoms with E-state index in [1.165, 1.54) is 24.9 Å². The summed E-state index contributed by atoms with van der Waals surface area (Å²) in [7, 11) is 1.49. The molecule has 0 aliphatic carbocycles. The van der Waals surface area contributed by atoms with Gasteiger partial charge in [-0.15, -0.1) is 0 Å². The molecule has 0 aromatic carbocycles. The summed E-state index contributed by atoms with van der Waals surface area (Å²) in [4.78, 5) is 35.5. The molecule has 15 heteroatoms. The molecular formula is C26H29F3N8O4. The number of nitrogens with one attached hydrogen (secondary N) is 3. The molecule has 218 valence electrons. The highest BCUT2D eigenvalue weighted by Gasteiger charge is 2.35. The molecule has 12 nitrogen and oxygen atoms in total. The number of rotatable bonds is 9. The minimum Gasteiger partial charge on any atom is -0.372 e. The number of halogens is 3. The van der Waals surface area contributed by atoms with Gasteiger partial charge in [0, 0.05) is 24.9 Å². The smallest absolute Gasteiger partial charge is 0.372 e. The van der Waals surface area contributed by atoms with Crippen LogP contribution >= 0.6 is 0 Å². The number of aliphatic hydroxyl groups is 1. The fourth-order valence-corrected chi connectivity index (χ4v) is 4.27. The van der Waals surface area contributed by atoms with Crippen LogP contribution in [0.3, 0.4) is 0 Å². The topological polar surface area (TPSA) is 149 Å². The lowest BCUT2D eigenvalue weighted by molar-refractivity contribution is -0.141. The quantitative estimate of drug-likeness (QED) is 0.222. The molecule has 4 heterocycles. The number of aryl methyl sites for hydroxylation is 2. The number of amides is 2. The lowest BCUT2D eigenvalue weighted by atomic mass is 10.1. The van der Waals surface area contributed by atoms with E-state index in [0.29, 0.717) is 29.0 Å². The second-order valence-corrected chi connectivity index (χ2v) is 9.43. The van der Waals surface area contributed by atoms with E-state index in [4.69, 9.17) is 4.52 Å². The first-order valence-electron chi connectivity index (χ1n) is 12.5. The molecule has 0 bridgehead atoms. The zero-order chi connectivity index (χ0) is 29.9. The third kappa shape index (κ3) is 6.57. The number of alkyl halides is 3. The molecular weight excluding hydrogens is 545 g/mol. The SMILES string of the molecule is Cc1cc(CNC(=O)N(C)C2=C(C=O)N([C@@H](C)C(O)Nc3cccc(-c4cnc(C(F)(F)F)c(C)c4)n3)CN2)no1. The Bertz CT molecular complexity index is 1460. The first kappa shape index (κ1) is 29.3. The lowest BCUT2D eigenvalue weighted by Crippen LogP contribution is -2.45. The summed E-state index contributed by atoms with van der Waals surface area (Å²) in [6.45, 7) is 4.99. The lowest BCUT2D eigenvalue weighted by Gasteiger charge is -2.30. The Morgan fingerprint density at radius 3 is 2.71 bits per heavy atom. The van der Waals surface area contributed by atoms with Crippen LogP contribution in [0.5, 0.6) is 0 Å². The van der Waals surface area contributed by atoms with Crippen molar-refractivity contribution < 1.29 is 32.4 Å².